The highest BCUT2D eigenvalue weighted by atomic mass is 32.2. The predicted octanol–water partition coefficient (Wildman–Crippen LogP) is 1.30. The normalized spacial score (nSPS) is 12.6. The van der Waals surface area contributed by atoms with Gasteiger partial charge in [0.1, 0.15) is 0 Å². The summed E-state index contributed by atoms with van der Waals surface area (Å²) in [7, 11) is 0. The second-order valence-corrected chi connectivity index (χ2v) is 2.36. The van der Waals surface area contributed by atoms with Crippen molar-refractivity contribution in [3.8, 4) is 0 Å². The molecule has 46 valence electrons. The molecular formula is C5H8O2S. The van der Waals surface area contributed by atoms with Crippen molar-refractivity contribution in [2.24, 2.45) is 0 Å². The van der Waals surface area contributed by atoms with E-state index in [2.05, 4.69) is 13.2 Å². The zero-order valence-corrected chi connectivity index (χ0v) is 5.28. The van der Waals surface area contributed by atoms with E-state index in [9.17, 15) is 4.21 Å². The molecule has 0 bridgehead atoms. The summed E-state index contributed by atoms with van der Waals surface area (Å²) >= 11 is -1.88. The van der Waals surface area contributed by atoms with Crippen molar-refractivity contribution >= 4 is 11.1 Å². The lowest BCUT2D eigenvalue weighted by Gasteiger charge is -1.90. The monoisotopic (exact) mass is 132 g/mol. The van der Waals surface area contributed by atoms with Crippen LogP contribution in [0.25, 0.3) is 0 Å². The van der Waals surface area contributed by atoms with Crippen LogP contribution in [0.4, 0.5) is 0 Å². The van der Waals surface area contributed by atoms with Crippen molar-refractivity contribution in [3.63, 3.8) is 0 Å². The Hall–Kier alpha value is -0.410. The largest absolute Gasteiger partial charge is 0.302 e. The zero-order valence-electron chi connectivity index (χ0n) is 4.46. The Morgan fingerprint density at radius 3 is 2.50 bits per heavy atom. The van der Waals surface area contributed by atoms with Gasteiger partial charge in [0.2, 0.25) is 0 Å². The molecule has 0 heterocycles. The van der Waals surface area contributed by atoms with Crippen molar-refractivity contribution < 1.29 is 8.76 Å². The fourth-order valence-corrected chi connectivity index (χ4v) is 0.493. The summed E-state index contributed by atoms with van der Waals surface area (Å²) in [5.41, 5.74) is 0. The molecule has 0 saturated heterocycles. The molecule has 0 aromatic carbocycles. The van der Waals surface area contributed by atoms with Gasteiger partial charge in [-0.2, -0.15) is 0 Å². The Balaban J connectivity index is 3.65. The van der Waals surface area contributed by atoms with Crippen LogP contribution < -0.4 is 0 Å². The Labute approximate surface area is 51.2 Å². The molecule has 1 N–H and O–H groups in total. The van der Waals surface area contributed by atoms with Gasteiger partial charge < -0.3 is 4.55 Å². The van der Waals surface area contributed by atoms with Gasteiger partial charge in [-0.15, -0.1) is 6.58 Å². The minimum atomic E-state index is -1.88. The number of rotatable bonds is 3. The molecule has 0 aliphatic heterocycles. The smallest absolute Gasteiger partial charge is 0.181 e. The molecule has 0 fully saturated rings. The van der Waals surface area contributed by atoms with Crippen molar-refractivity contribution in [1.82, 2.24) is 0 Å². The van der Waals surface area contributed by atoms with Crippen LogP contribution in [-0.2, 0) is 11.1 Å². The van der Waals surface area contributed by atoms with Crippen LogP contribution in [-0.4, -0.2) is 8.76 Å². The Morgan fingerprint density at radius 1 is 1.88 bits per heavy atom. The van der Waals surface area contributed by atoms with Gasteiger partial charge in [0.25, 0.3) is 0 Å². The van der Waals surface area contributed by atoms with Crippen molar-refractivity contribution in [1.29, 1.82) is 0 Å². The summed E-state index contributed by atoms with van der Waals surface area (Å²) in [6.45, 7) is 6.70. The number of allylic oxidation sites excluding steroid dienone is 2. The van der Waals surface area contributed by atoms with E-state index in [0.29, 0.717) is 11.3 Å². The Morgan fingerprint density at radius 2 is 2.38 bits per heavy atom. The lowest BCUT2D eigenvalue weighted by atomic mass is 10.4. The van der Waals surface area contributed by atoms with Gasteiger partial charge in [-0.25, -0.2) is 4.21 Å². The fourth-order valence-electron chi connectivity index (χ4n) is 0.232. The van der Waals surface area contributed by atoms with E-state index in [1.54, 1.807) is 0 Å². The molecule has 1 atom stereocenters. The topological polar surface area (TPSA) is 37.3 Å². The molecule has 3 heteroatoms. The van der Waals surface area contributed by atoms with Crippen molar-refractivity contribution in [2.45, 2.75) is 6.42 Å². The molecule has 8 heavy (non-hydrogen) atoms. The highest BCUT2D eigenvalue weighted by Crippen LogP contribution is 2.00. The van der Waals surface area contributed by atoms with Crippen LogP contribution in [0.2, 0.25) is 0 Å². The first-order valence-electron chi connectivity index (χ1n) is 2.08. The summed E-state index contributed by atoms with van der Waals surface area (Å²) in [5.74, 6) is 0. The van der Waals surface area contributed by atoms with Crippen molar-refractivity contribution in [3.05, 3.63) is 24.1 Å². The summed E-state index contributed by atoms with van der Waals surface area (Å²) in [4.78, 5) is 0.292. The molecule has 2 nitrogen and oxygen atoms in total. The zero-order chi connectivity index (χ0) is 6.57. The van der Waals surface area contributed by atoms with Crippen LogP contribution in [0.15, 0.2) is 24.1 Å². The van der Waals surface area contributed by atoms with Gasteiger partial charge in [-0.1, -0.05) is 12.7 Å². The van der Waals surface area contributed by atoms with Crippen LogP contribution in [0.5, 0.6) is 0 Å². The highest BCUT2D eigenvalue weighted by molar-refractivity contribution is 7.83. The second-order valence-electron chi connectivity index (χ2n) is 1.28. The summed E-state index contributed by atoms with van der Waals surface area (Å²) in [5, 5.41) is 0. The molecule has 0 amide bonds. The lowest BCUT2D eigenvalue weighted by Crippen LogP contribution is -1.87. The third-order valence-electron chi connectivity index (χ3n) is 0.619. The highest BCUT2D eigenvalue weighted by Gasteiger charge is 1.94. The molecule has 0 radical (unpaired) electrons. The standard InChI is InChI=1S/C5H8O2S/c1-3-4-5(2)8(6)7/h3H,1-2,4H2,(H,6,7). The average molecular weight is 132 g/mol. The second kappa shape index (κ2) is 3.57. The van der Waals surface area contributed by atoms with E-state index < -0.39 is 11.1 Å². The fraction of sp³-hybridized carbons (Fsp3) is 0.200. The van der Waals surface area contributed by atoms with Crippen LogP contribution in [0, 0.1) is 0 Å². The van der Waals surface area contributed by atoms with E-state index in [4.69, 9.17) is 4.55 Å². The molecular weight excluding hydrogens is 124 g/mol. The molecule has 0 aliphatic carbocycles. The molecule has 0 spiro atoms. The van der Waals surface area contributed by atoms with Crippen LogP contribution in [0.1, 0.15) is 6.42 Å². The Kier molecular flexibility index (Phi) is 3.39. The minimum Gasteiger partial charge on any atom is -0.302 e. The summed E-state index contributed by atoms with van der Waals surface area (Å²) in [6.07, 6.45) is 1.94. The third kappa shape index (κ3) is 2.71. The number of hydrogen-bond acceptors (Lipinski definition) is 1. The first-order chi connectivity index (χ1) is 3.68. The first kappa shape index (κ1) is 7.59. The molecule has 0 aromatic rings. The van der Waals surface area contributed by atoms with E-state index in [1.807, 2.05) is 0 Å². The molecule has 0 rings (SSSR count). The summed E-state index contributed by atoms with van der Waals surface area (Å²) in [6, 6.07) is 0. The SMILES string of the molecule is C=CCC(=C)S(=O)O. The van der Waals surface area contributed by atoms with Crippen molar-refractivity contribution in [2.75, 3.05) is 0 Å². The van der Waals surface area contributed by atoms with Gasteiger partial charge in [0, 0.05) is 11.3 Å². The van der Waals surface area contributed by atoms with Crippen LogP contribution >= 0.6 is 0 Å². The maximum absolute atomic E-state index is 10.1. The minimum absolute atomic E-state index is 0.292. The average Bonchev–Trinajstić information content (AvgIpc) is 1.67. The molecule has 0 aromatic heterocycles. The molecule has 0 aliphatic rings. The summed E-state index contributed by atoms with van der Waals surface area (Å²) < 4.78 is 18.3. The quantitative estimate of drug-likeness (QED) is 0.464. The maximum atomic E-state index is 10.1. The van der Waals surface area contributed by atoms with E-state index in [0.717, 1.165) is 0 Å². The van der Waals surface area contributed by atoms with Gasteiger partial charge in [0.15, 0.2) is 11.1 Å². The maximum Gasteiger partial charge on any atom is 0.181 e. The molecule has 1 unspecified atom stereocenters. The molecule has 0 saturated carbocycles. The Bertz CT molecular complexity index is 128. The van der Waals surface area contributed by atoms with Gasteiger partial charge in [-0.3, -0.25) is 0 Å². The van der Waals surface area contributed by atoms with Gasteiger partial charge in [-0.05, 0) is 0 Å². The number of hydrogen-bond donors (Lipinski definition) is 1. The van der Waals surface area contributed by atoms with E-state index in [1.165, 1.54) is 6.08 Å². The van der Waals surface area contributed by atoms with Gasteiger partial charge in [0.05, 0.1) is 0 Å². The lowest BCUT2D eigenvalue weighted by molar-refractivity contribution is 0.570. The predicted molar refractivity (Wildman–Crippen MR) is 34.7 cm³/mol. The third-order valence-corrected chi connectivity index (χ3v) is 1.28. The van der Waals surface area contributed by atoms with E-state index >= 15 is 0 Å². The van der Waals surface area contributed by atoms with Gasteiger partial charge >= 0.3 is 0 Å². The van der Waals surface area contributed by atoms with Crippen LogP contribution in [0.3, 0.4) is 0 Å². The van der Waals surface area contributed by atoms with E-state index in [-0.39, 0.29) is 0 Å². The first-order valence-corrected chi connectivity index (χ1v) is 3.18.